The van der Waals surface area contributed by atoms with Crippen LogP contribution >= 0.6 is 0 Å². The highest BCUT2D eigenvalue weighted by molar-refractivity contribution is 5.68. The average molecular weight is 314 g/mol. The van der Waals surface area contributed by atoms with Crippen molar-refractivity contribution in [2.75, 3.05) is 13.2 Å². The minimum atomic E-state index is -0.441. The molecule has 22 heavy (non-hydrogen) atoms. The summed E-state index contributed by atoms with van der Waals surface area (Å²) in [6.07, 6.45) is 3.96. The molecule has 0 aliphatic carbocycles. The first kappa shape index (κ1) is 19.2. The second-order valence-electron chi connectivity index (χ2n) is 7.78. The van der Waals surface area contributed by atoms with E-state index >= 15 is 0 Å². The third-order valence-electron chi connectivity index (χ3n) is 3.58. The molecule has 5 nitrogen and oxygen atoms in total. The summed E-state index contributed by atoms with van der Waals surface area (Å²) in [4.78, 5) is 19.7. The van der Waals surface area contributed by atoms with E-state index in [0.29, 0.717) is 12.5 Å². The van der Waals surface area contributed by atoms with Gasteiger partial charge >= 0.3 is 6.09 Å². The van der Waals surface area contributed by atoms with Crippen molar-refractivity contribution in [2.24, 2.45) is 5.92 Å². The molecule has 0 bridgehead atoms. The van der Waals surface area contributed by atoms with Crippen LogP contribution in [0.4, 0.5) is 4.79 Å². The van der Waals surface area contributed by atoms with Gasteiger partial charge in [-0.3, -0.25) is 0 Å². The Morgan fingerprint density at radius 3 is 2.55 bits per heavy atom. The summed E-state index contributed by atoms with van der Waals surface area (Å²) >= 11 is 0. The Hall–Kier alpha value is -0.810. The number of nitrogens with one attached hydrogen (secondary N) is 1. The molecule has 0 aromatic heterocycles. The van der Waals surface area contributed by atoms with Crippen molar-refractivity contribution in [1.82, 2.24) is 10.4 Å². The molecule has 1 saturated heterocycles. The van der Waals surface area contributed by atoms with Crippen molar-refractivity contribution < 1.29 is 14.4 Å². The second-order valence-corrected chi connectivity index (χ2v) is 7.78. The van der Waals surface area contributed by atoms with Gasteiger partial charge in [-0.25, -0.2) is 4.79 Å². The Balaban J connectivity index is 2.49. The number of amides is 1. The molecule has 0 radical (unpaired) electrons. The van der Waals surface area contributed by atoms with Crippen molar-refractivity contribution in [2.45, 2.75) is 84.9 Å². The smallest absolute Gasteiger partial charge is 0.410 e. The Labute approximate surface area is 135 Å². The molecule has 0 aromatic rings. The Bertz CT molecular complexity index is 339. The molecular weight excluding hydrogens is 280 g/mol. The SMILES string of the molecule is CC(C)CONC(C)CC1CCCCN1C(=O)OC(C)(C)C. The first-order valence-electron chi connectivity index (χ1n) is 8.56. The molecular formula is C17H34N2O3. The molecule has 1 N–H and O–H groups in total. The van der Waals surface area contributed by atoms with Crippen LogP contribution in [0.5, 0.6) is 0 Å². The average Bonchev–Trinajstić information content (AvgIpc) is 2.36. The first-order chi connectivity index (χ1) is 10.2. The molecule has 2 unspecified atom stereocenters. The largest absolute Gasteiger partial charge is 0.444 e. The highest BCUT2D eigenvalue weighted by Crippen LogP contribution is 2.23. The summed E-state index contributed by atoms with van der Waals surface area (Å²) in [5.41, 5.74) is 2.65. The molecule has 1 heterocycles. The van der Waals surface area contributed by atoms with Crippen LogP contribution in [0.15, 0.2) is 0 Å². The van der Waals surface area contributed by atoms with Crippen molar-refractivity contribution in [3.63, 3.8) is 0 Å². The number of carbonyl (C=O) groups excluding carboxylic acids is 1. The van der Waals surface area contributed by atoms with Crippen LogP contribution in [0.1, 0.15) is 67.2 Å². The van der Waals surface area contributed by atoms with E-state index in [2.05, 4.69) is 26.3 Å². The van der Waals surface area contributed by atoms with Gasteiger partial charge in [-0.2, -0.15) is 5.48 Å². The van der Waals surface area contributed by atoms with Crippen molar-refractivity contribution in [1.29, 1.82) is 0 Å². The van der Waals surface area contributed by atoms with Gasteiger partial charge < -0.3 is 14.5 Å². The Kier molecular flexibility index (Phi) is 7.63. The molecule has 1 aliphatic heterocycles. The molecule has 5 heteroatoms. The number of likely N-dealkylation sites (tertiary alicyclic amines) is 1. The lowest BCUT2D eigenvalue weighted by Crippen LogP contribution is -2.48. The van der Waals surface area contributed by atoms with E-state index in [4.69, 9.17) is 9.57 Å². The first-order valence-corrected chi connectivity index (χ1v) is 8.56. The van der Waals surface area contributed by atoms with Crippen molar-refractivity contribution >= 4 is 6.09 Å². The molecule has 2 atom stereocenters. The van der Waals surface area contributed by atoms with Gasteiger partial charge in [0.25, 0.3) is 0 Å². The van der Waals surface area contributed by atoms with E-state index in [9.17, 15) is 4.79 Å². The number of carbonyl (C=O) groups is 1. The molecule has 1 aliphatic rings. The monoisotopic (exact) mass is 314 g/mol. The normalized spacial score (nSPS) is 21.0. The second kappa shape index (κ2) is 8.73. The van der Waals surface area contributed by atoms with E-state index < -0.39 is 5.60 Å². The number of hydroxylamine groups is 1. The molecule has 0 aromatic carbocycles. The van der Waals surface area contributed by atoms with Crippen LogP contribution in [0.3, 0.4) is 0 Å². The van der Waals surface area contributed by atoms with Crippen LogP contribution in [0.25, 0.3) is 0 Å². The summed E-state index contributed by atoms with van der Waals surface area (Å²) in [6.45, 7) is 13.6. The maximum atomic E-state index is 12.4. The van der Waals surface area contributed by atoms with Crippen LogP contribution < -0.4 is 5.48 Å². The minimum absolute atomic E-state index is 0.188. The van der Waals surface area contributed by atoms with Crippen LogP contribution in [-0.2, 0) is 9.57 Å². The van der Waals surface area contributed by atoms with Gasteiger partial charge in [-0.15, -0.1) is 0 Å². The highest BCUT2D eigenvalue weighted by Gasteiger charge is 2.31. The molecule has 1 fully saturated rings. The summed E-state index contributed by atoms with van der Waals surface area (Å²) in [7, 11) is 0. The number of hydrogen-bond donors (Lipinski definition) is 1. The fourth-order valence-corrected chi connectivity index (χ4v) is 2.62. The fraction of sp³-hybridized carbons (Fsp3) is 0.941. The topological polar surface area (TPSA) is 50.8 Å². The van der Waals surface area contributed by atoms with Crippen molar-refractivity contribution in [3.8, 4) is 0 Å². The van der Waals surface area contributed by atoms with Gasteiger partial charge in [-0.05, 0) is 59.3 Å². The molecule has 1 rings (SSSR count). The predicted molar refractivity (Wildman–Crippen MR) is 88.6 cm³/mol. The third-order valence-corrected chi connectivity index (χ3v) is 3.58. The maximum Gasteiger partial charge on any atom is 0.410 e. The molecule has 0 spiro atoms. The lowest BCUT2D eigenvalue weighted by Gasteiger charge is -2.38. The molecule has 130 valence electrons. The molecule has 1 amide bonds. The highest BCUT2D eigenvalue weighted by atomic mass is 16.6. The lowest BCUT2D eigenvalue weighted by atomic mass is 9.97. The van der Waals surface area contributed by atoms with Crippen LogP contribution in [0, 0.1) is 5.92 Å². The number of piperidine rings is 1. The third kappa shape index (κ3) is 7.45. The van der Waals surface area contributed by atoms with Gasteiger partial charge in [0.2, 0.25) is 0 Å². The van der Waals surface area contributed by atoms with Gasteiger partial charge in [-0.1, -0.05) is 13.8 Å². The van der Waals surface area contributed by atoms with Crippen LogP contribution in [-0.4, -0.2) is 41.8 Å². The zero-order valence-electron chi connectivity index (χ0n) is 15.1. The van der Waals surface area contributed by atoms with E-state index in [1.807, 2.05) is 25.7 Å². The zero-order chi connectivity index (χ0) is 16.8. The van der Waals surface area contributed by atoms with E-state index in [1.165, 1.54) is 6.42 Å². The summed E-state index contributed by atoms with van der Waals surface area (Å²) in [5, 5.41) is 0. The van der Waals surface area contributed by atoms with Crippen molar-refractivity contribution in [3.05, 3.63) is 0 Å². The summed E-state index contributed by atoms with van der Waals surface area (Å²) < 4.78 is 5.54. The molecule has 0 saturated carbocycles. The quantitative estimate of drug-likeness (QED) is 0.759. The number of hydrogen-bond acceptors (Lipinski definition) is 4. The van der Waals surface area contributed by atoms with E-state index in [1.54, 1.807) is 0 Å². The van der Waals surface area contributed by atoms with Gasteiger partial charge in [0, 0.05) is 18.6 Å². The predicted octanol–water partition coefficient (Wildman–Crippen LogP) is 3.73. The summed E-state index contributed by atoms with van der Waals surface area (Å²) in [5.74, 6) is 0.507. The van der Waals surface area contributed by atoms with Gasteiger partial charge in [0.05, 0.1) is 6.61 Å². The zero-order valence-corrected chi connectivity index (χ0v) is 15.1. The maximum absolute atomic E-state index is 12.4. The minimum Gasteiger partial charge on any atom is -0.444 e. The van der Waals surface area contributed by atoms with E-state index in [0.717, 1.165) is 25.8 Å². The summed E-state index contributed by atoms with van der Waals surface area (Å²) in [6, 6.07) is 0.445. The standard InChI is InChI=1S/C17H34N2O3/c1-13(2)12-21-18-14(3)11-15-9-7-8-10-19(15)16(20)22-17(4,5)6/h13-15,18H,7-12H2,1-6H3. The van der Waals surface area contributed by atoms with Gasteiger partial charge in [0.1, 0.15) is 5.60 Å². The fourth-order valence-electron chi connectivity index (χ4n) is 2.62. The Morgan fingerprint density at radius 1 is 1.27 bits per heavy atom. The number of rotatable bonds is 6. The number of nitrogens with zero attached hydrogens (tertiary/aromatic N) is 1. The Morgan fingerprint density at radius 2 is 1.95 bits per heavy atom. The number of ether oxygens (including phenoxy) is 1. The lowest BCUT2D eigenvalue weighted by molar-refractivity contribution is -0.0132. The van der Waals surface area contributed by atoms with Gasteiger partial charge in [0.15, 0.2) is 0 Å². The van der Waals surface area contributed by atoms with E-state index in [-0.39, 0.29) is 18.2 Å². The van der Waals surface area contributed by atoms with Crippen LogP contribution in [0.2, 0.25) is 0 Å².